The van der Waals surface area contributed by atoms with Crippen molar-refractivity contribution in [1.29, 1.82) is 0 Å². The number of hydrogen-bond acceptors (Lipinski definition) is 5. The third-order valence-corrected chi connectivity index (χ3v) is 7.30. The molecule has 5 rings (SSSR count). The third-order valence-electron chi connectivity index (χ3n) is 5.69. The zero-order valence-electron chi connectivity index (χ0n) is 13.9. The Hall–Kier alpha value is -1.69. The average Bonchev–Trinajstić information content (AvgIpc) is 2.53. The van der Waals surface area contributed by atoms with Crippen LogP contribution in [-0.2, 0) is 9.84 Å². The van der Waals surface area contributed by atoms with Crippen LogP contribution in [0.15, 0.2) is 24.8 Å². The van der Waals surface area contributed by atoms with E-state index in [4.69, 9.17) is 5.73 Å². The predicted molar refractivity (Wildman–Crippen MR) is 98.5 cm³/mol. The van der Waals surface area contributed by atoms with Gasteiger partial charge in [0.1, 0.15) is 0 Å². The maximum atomic E-state index is 11.7. The van der Waals surface area contributed by atoms with Crippen molar-refractivity contribution in [1.82, 2.24) is 4.90 Å². The molecule has 0 amide bonds. The van der Waals surface area contributed by atoms with E-state index in [1.54, 1.807) is 0 Å². The molecule has 0 radical (unpaired) electrons. The minimum absolute atomic E-state index is 0.212. The van der Waals surface area contributed by atoms with Gasteiger partial charge >= 0.3 is 0 Å². The first-order chi connectivity index (χ1) is 11.4. The Kier molecular flexibility index (Phi) is 3.75. The Morgan fingerprint density at radius 3 is 2.38 bits per heavy atom. The summed E-state index contributed by atoms with van der Waals surface area (Å²) < 4.78 is 23.3. The molecule has 4 aliphatic rings. The number of benzene rings is 1. The van der Waals surface area contributed by atoms with E-state index in [0.717, 1.165) is 47.6 Å². The second-order valence-electron chi connectivity index (χ2n) is 7.47. The van der Waals surface area contributed by atoms with Crippen LogP contribution in [0.3, 0.4) is 0 Å². The molecule has 3 saturated heterocycles. The van der Waals surface area contributed by atoms with E-state index in [1.165, 1.54) is 12.8 Å². The maximum Gasteiger partial charge on any atom is 0.153 e. The lowest BCUT2D eigenvalue weighted by atomic mass is 9.71. The summed E-state index contributed by atoms with van der Waals surface area (Å²) >= 11 is 0. The Labute approximate surface area is 144 Å². The molecule has 0 aromatic heterocycles. The van der Waals surface area contributed by atoms with Gasteiger partial charge in [-0.2, -0.15) is 0 Å². The molecule has 1 saturated carbocycles. The van der Waals surface area contributed by atoms with Crippen molar-refractivity contribution < 1.29 is 8.42 Å². The molecule has 2 N–H and O–H groups in total. The van der Waals surface area contributed by atoms with Crippen molar-refractivity contribution in [3.63, 3.8) is 0 Å². The van der Waals surface area contributed by atoms with E-state index >= 15 is 0 Å². The van der Waals surface area contributed by atoms with Gasteiger partial charge in [0.05, 0.1) is 11.5 Å². The number of nitrogen functional groups attached to an aromatic ring is 1. The number of sulfone groups is 1. The van der Waals surface area contributed by atoms with Gasteiger partial charge in [-0.3, -0.25) is 0 Å². The molecule has 3 heterocycles. The van der Waals surface area contributed by atoms with E-state index in [2.05, 4.69) is 16.4 Å². The highest BCUT2D eigenvalue weighted by molar-refractivity contribution is 7.91. The number of anilines is 2. The van der Waals surface area contributed by atoms with Crippen LogP contribution in [-0.4, -0.2) is 51.0 Å². The summed E-state index contributed by atoms with van der Waals surface area (Å²) in [6, 6.07) is 6.00. The van der Waals surface area contributed by atoms with Crippen LogP contribution in [0.2, 0.25) is 0 Å². The quantitative estimate of drug-likeness (QED) is 0.845. The zero-order valence-corrected chi connectivity index (χ0v) is 14.8. The number of fused-ring (bicyclic) bond motifs is 2. The molecule has 0 spiro atoms. The van der Waals surface area contributed by atoms with E-state index < -0.39 is 9.84 Å². The van der Waals surface area contributed by atoms with Crippen molar-refractivity contribution in [3.8, 4) is 0 Å². The number of piperidine rings is 2. The topological polar surface area (TPSA) is 66.6 Å². The minimum Gasteiger partial charge on any atom is -0.399 e. The molecule has 1 aromatic rings. The summed E-state index contributed by atoms with van der Waals surface area (Å²) in [6.45, 7) is 7.51. The third kappa shape index (κ3) is 2.88. The SMILES string of the molecule is C=C(c1ccc(N)cc1N1CC2CC(C2)C1)N1CCS(=O)(=O)CC1. The second kappa shape index (κ2) is 5.69. The van der Waals surface area contributed by atoms with Gasteiger partial charge in [0.15, 0.2) is 9.84 Å². The van der Waals surface area contributed by atoms with Gasteiger partial charge in [-0.25, -0.2) is 8.42 Å². The van der Waals surface area contributed by atoms with Gasteiger partial charge < -0.3 is 15.5 Å². The molecular weight excluding hydrogens is 322 g/mol. The fourth-order valence-electron chi connectivity index (χ4n) is 4.27. The van der Waals surface area contributed by atoms with E-state index in [-0.39, 0.29) is 11.5 Å². The van der Waals surface area contributed by atoms with E-state index in [9.17, 15) is 8.42 Å². The van der Waals surface area contributed by atoms with Crippen molar-refractivity contribution >= 4 is 26.9 Å². The number of hydrogen-bond donors (Lipinski definition) is 1. The normalized spacial score (nSPS) is 28.3. The van der Waals surface area contributed by atoms with Crippen LogP contribution in [0.25, 0.3) is 5.70 Å². The van der Waals surface area contributed by atoms with Crippen LogP contribution in [0.4, 0.5) is 11.4 Å². The van der Waals surface area contributed by atoms with Gasteiger partial charge in [0.2, 0.25) is 0 Å². The van der Waals surface area contributed by atoms with Gasteiger partial charge in [-0.1, -0.05) is 6.58 Å². The summed E-state index contributed by atoms with van der Waals surface area (Å²) in [6.07, 6.45) is 2.72. The first-order valence-electron chi connectivity index (χ1n) is 8.70. The fraction of sp³-hybridized carbons (Fsp3) is 0.556. The van der Waals surface area contributed by atoms with Crippen LogP contribution in [0, 0.1) is 11.8 Å². The molecule has 3 aliphatic heterocycles. The number of nitrogens with zero attached hydrogens (tertiary/aromatic N) is 2. The van der Waals surface area contributed by atoms with Gasteiger partial charge in [0.25, 0.3) is 0 Å². The fourth-order valence-corrected chi connectivity index (χ4v) is 5.47. The average molecular weight is 347 g/mol. The highest BCUT2D eigenvalue weighted by atomic mass is 32.2. The molecule has 6 heteroatoms. The molecule has 1 aromatic carbocycles. The predicted octanol–water partition coefficient (Wildman–Crippen LogP) is 1.82. The smallest absolute Gasteiger partial charge is 0.153 e. The lowest BCUT2D eigenvalue weighted by Crippen LogP contribution is -2.49. The van der Waals surface area contributed by atoms with Gasteiger partial charge in [0, 0.05) is 48.8 Å². The summed E-state index contributed by atoms with van der Waals surface area (Å²) in [7, 11) is -2.88. The first kappa shape index (κ1) is 15.8. The Balaban J connectivity index is 1.59. The molecule has 2 bridgehead atoms. The maximum absolute atomic E-state index is 11.7. The molecule has 0 atom stereocenters. The number of rotatable bonds is 3. The van der Waals surface area contributed by atoms with Crippen molar-refractivity contribution in [2.24, 2.45) is 11.8 Å². The minimum atomic E-state index is -2.88. The lowest BCUT2D eigenvalue weighted by Gasteiger charge is -2.49. The Morgan fingerprint density at radius 2 is 1.75 bits per heavy atom. The van der Waals surface area contributed by atoms with Crippen LogP contribution >= 0.6 is 0 Å². The van der Waals surface area contributed by atoms with Crippen molar-refractivity contribution in [3.05, 3.63) is 30.3 Å². The number of nitrogens with two attached hydrogens (primary N) is 1. The van der Waals surface area contributed by atoms with Crippen molar-refractivity contribution in [2.75, 3.05) is 48.3 Å². The molecule has 1 aliphatic carbocycles. The molecule has 0 unspecified atom stereocenters. The molecule has 4 fully saturated rings. The molecule has 130 valence electrons. The standard InChI is InChI=1S/C18H25N3O2S/c1-13(20-4-6-24(22,23)7-5-20)17-3-2-16(19)10-18(17)21-11-14-8-15(9-14)12-21/h2-3,10,14-15H,1,4-9,11-12,19H2. The van der Waals surface area contributed by atoms with E-state index in [1.807, 2.05) is 18.2 Å². The summed E-state index contributed by atoms with van der Waals surface area (Å²) in [5.41, 5.74) is 9.97. The summed E-state index contributed by atoms with van der Waals surface area (Å²) in [5, 5.41) is 0. The van der Waals surface area contributed by atoms with Gasteiger partial charge in [-0.05, 0) is 42.9 Å². The largest absolute Gasteiger partial charge is 0.399 e. The van der Waals surface area contributed by atoms with Crippen LogP contribution in [0.5, 0.6) is 0 Å². The highest BCUT2D eigenvalue weighted by Crippen LogP contribution is 2.43. The first-order valence-corrected chi connectivity index (χ1v) is 10.5. The van der Waals surface area contributed by atoms with Crippen molar-refractivity contribution in [2.45, 2.75) is 12.8 Å². The summed E-state index contributed by atoms with van der Waals surface area (Å²) in [4.78, 5) is 4.54. The zero-order chi connectivity index (χ0) is 16.9. The molecular formula is C18H25N3O2S. The summed E-state index contributed by atoms with van der Waals surface area (Å²) in [5.74, 6) is 2.05. The van der Waals surface area contributed by atoms with E-state index in [0.29, 0.717) is 13.1 Å². The molecule has 5 nitrogen and oxygen atoms in total. The Morgan fingerprint density at radius 1 is 1.12 bits per heavy atom. The Bertz CT molecular complexity index is 744. The lowest BCUT2D eigenvalue weighted by molar-refractivity contribution is 0.159. The van der Waals surface area contributed by atoms with Gasteiger partial charge in [-0.15, -0.1) is 0 Å². The highest BCUT2D eigenvalue weighted by Gasteiger charge is 2.38. The van der Waals surface area contributed by atoms with Crippen LogP contribution in [0.1, 0.15) is 18.4 Å². The second-order valence-corrected chi connectivity index (χ2v) is 9.77. The van der Waals surface area contributed by atoms with Crippen LogP contribution < -0.4 is 10.6 Å². The molecule has 24 heavy (non-hydrogen) atoms. The monoisotopic (exact) mass is 347 g/mol.